The molecule has 3 rings (SSSR count). The maximum absolute atomic E-state index is 12.4. The van der Waals surface area contributed by atoms with Crippen LogP contribution in [-0.4, -0.2) is 28.2 Å². The molecule has 1 atom stereocenters. The normalized spacial score (nSPS) is 16.6. The molecule has 134 valence electrons. The third-order valence-corrected chi connectivity index (χ3v) is 4.40. The summed E-state index contributed by atoms with van der Waals surface area (Å²) < 4.78 is 0. The van der Waals surface area contributed by atoms with E-state index in [0.717, 1.165) is 11.1 Å². The molecule has 1 fully saturated rings. The Morgan fingerprint density at radius 3 is 2.69 bits per heavy atom. The van der Waals surface area contributed by atoms with Crippen LogP contribution in [-0.2, 0) is 16.1 Å². The molecule has 7 heteroatoms. The summed E-state index contributed by atoms with van der Waals surface area (Å²) in [5.41, 5.74) is 2.43. The zero-order valence-corrected chi connectivity index (χ0v) is 14.3. The number of non-ortho nitro benzene ring substituents is 1. The van der Waals surface area contributed by atoms with E-state index < -0.39 is 10.8 Å². The number of aryl methyl sites for hydroxylation is 1. The first kappa shape index (κ1) is 17.6. The lowest BCUT2D eigenvalue weighted by Crippen LogP contribution is -2.28. The Kier molecular flexibility index (Phi) is 4.97. The molecule has 0 saturated carbocycles. The molecule has 2 aromatic rings. The Morgan fingerprint density at radius 2 is 2.00 bits per heavy atom. The van der Waals surface area contributed by atoms with Crippen LogP contribution in [0.1, 0.15) is 17.5 Å². The van der Waals surface area contributed by atoms with Crippen molar-refractivity contribution >= 4 is 23.2 Å². The molecule has 0 aromatic heterocycles. The molecule has 2 amide bonds. The molecule has 2 aromatic carbocycles. The molecule has 0 bridgehead atoms. The molecule has 1 aliphatic heterocycles. The fraction of sp³-hybridized carbons (Fsp3) is 0.263. The topological polar surface area (TPSA) is 92.6 Å². The third kappa shape index (κ3) is 4.05. The summed E-state index contributed by atoms with van der Waals surface area (Å²) in [6, 6.07) is 13.7. The molecule has 0 aliphatic carbocycles. The van der Waals surface area contributed by atoms with Crippen LogP contribution in [0.3, 0.4) is 0 Å². The number of nitrogens with one attached hydrogen (secondary N) is 1. The van der Waals surface area contributed by atoms with Crippen molar-refractivity contribution in [3.05, 3.63) is 69.8 Å². The molecular weight excluding hydrogens is 334 g/mol. The monoisotopic (exact) mass is 353 g/mol. The number of hydrogen-bond donors (Lipinski definition) is 1. The molecule has 1 aliphatic rings. The molecule has 0 unspecified atom stereocenters. The largest absolute Gasteiger partial charge is 0.338 e. The van der Waals surface area contributed by atoms with Gasteiger partial charge in [-0.2, -0.15) is 0 Å². The number of rotatable bonds is 5. The molecule has 1 heterocycles. The van der Waals surface area contributed by atoms with Gasteiger partial charge in [0.05, 0.1) is 10.8 Å². The van der Waals surface area contributed by atoms with Crippen molar-refractivity contribution in [3.8, 4) is 0 Å². The smallest absolute Gasteiger partial charge is 0.271 e. The first-order valence-electron chi connectivity index (χ1n) is 8.31. The van der Waals surface area contributed by atoms with Crippen LogP contribution in [0.4, 0.5) is 11.4 Å². The lowest BCUT2D eigenvalue weighted by Gasteiger charge is -2.17. The summed E-state index contributed by atoms with van der Waals surface area (Å²) >= 11 is 0. The lowest BCUT2D eigenvalue weighted by molar-refractivity contribution is -0.384. The highest BCUT2D eigenvalue weighted by Gasteiger charge is 2.34. The van der Waals surface area contributed by atoms with Gasteiger partial charge in [0.2, 0.25) is 11.8 Å². The minimum Gasteiger partial charge on any atom is -0.338 e. The van der Waals surface area contributed by atoms with Gasteiger partial charge >= 0.3 is 0 Å². The van der Waals surface area contributed by atoms with Gasteiger partial charge in [0.15, 0.2) is 0 Å². The van der Waals surface area contributed by atoms with E-state index in [4.69, 9.17) is 0 Å². The third-order valence-electron chi connectivity index (χ3n) is 4.40. The number of benzene rings is 2. The van der Waals surface area contributed by atoms with E-state index in [9.17, 15) is 19.7 Å². The second-order valence-corrected chi connectivity index (χ2v) is 6.46. The average Bonchev–Trinajstić information content (AvgIpc) is 2.98. The van der Waals surface area contributed by atoms with Crippen molar-refractivity contribution in [2.24, 2.45) is 5.92 Å². The molecule has 0 radical (unpaired) electrons. The summed E-state index contributed by atoms with van der Waals surface area (Å²) in [6.07, 6.45) is 0.145. The predicted octanol–water partition coefficient (Wildman–Crippen LogP) is 2.89. The number of nitro groups is 1. The molecule has 26 heavy (non-hydrogen) atoms. The number of carbonyl (C=O) groups excluding carboxylic acids is 2. The van der Waals surface area contributed by atoms with Crippen molar-refractivity contribution < 1.29 is 14.5 Å². The van der Waals surface area contributed by atoms with Crippen molar-refractivity contribution in [1.29, 1.82) is 0 Å². The Bertz CT molecular complexity index is 848. The zero-order valence-electron chi connectivity index (χ0n) is 14.3. The van der Waals surface area contributed by atoms with Crippen molar-refractivity contribution in [1.82, 2.24) is 4.90 Å². The van der Waals surface area contributed by atoms with Crippen LogP contribution in [0.15, 0.2) is 48.5 Å². The van der Waals surface area contributed by atoms with Crippen LogP contribution in [0.5, 0.6) is 0 Å². The maximum Gasteiger partial charge on any atom is 0.271 e. The van der Waals surface area contributed by atoms with Gasteiger partial charge in [-0.05, 0) is 18.6 Å². The summed E-state index contributed by atoms with van der Waals surface area (Å²) in [4.78, 5) is 36.6. The number of nitro benzene ring substituents is 1. The number of anilines is 1. The van der Waals surface area contributed by atoms with Crippen LogP contribution < -0.4 is 5.32 Å². The predicted molar refractivity (Wildman–Crippen MR) is 96.4 cm³/mol. The van der Waals surface area contributed by atoms with E-state index in [0.29, 0.717) is 18.8 Å². The number of nitrogens with zero attached hydrogens (tertiary/aromatic N) is 2. The van der Waals surface area contributed by atoms with E-state index >= 15 is 0 Å². The average molecular weight is 353 g/mol. The fourth-order valence-electron chi connectivity index (χ4n) is 2.96. The Balaban J connectivity index is 1.62. The highest BCUT2D eigenvalue weighted by atomic mass is 16.6. The second-order valence-electron chi connectivity index (χ2n) is 6.46. The highest BCUT2D eigenvalue weighted by Crippen LogP contribution is 2.23. The van der Waals surface area contributed by atoms with E-state index in [2.05, 4.69) is 5.32 Å². The summed E-state index contributed by atoms with van der Waals surface area (Å²) in [6.45, 7) is 2.81. The molecular formula is C19H19N3O4. The number of carbonyl (C=O) groups is 2. The van der Waals surface area contributed by atoms with Crippen molar-refractivity contribution in [3.63, 3.8) is 0 Å². The van der Waals surface area contributed by atoms with E-state index in [-0.39, 0.29) is 23.9 Å². The standard InChI is InChI=1S/C19H19N3O4/c1-13-5-7-14(8-6-13)11-21-12-15(9-18(21)23)19(24)20-16-3-2-4-17(10-16)22(25)26/h2-8,10,15H,9,11-12H2,1H3,(H,20,24)/t15-/m1/s1. The fourth-order valence-corrected chi connectivity index (χ4v) is 2.96. The van der Waals surface area contributed by atoms with Gasteiger partial charge in [0.1, 0.15) is 0 Å². The van der Waals surface area contributed by atoms with Gasteiger partial charge < -0.3 is 10.2 Å². The SMILES string of the molecule is Cc1ccc(CN2C[C@H](C(=O)Nc3cccc([N+](=O)[O-])c3)CC2=O)cc1. The Hall–Kier alpha value is -3.22. The van der Waals surface area contributed by atoms with Crippen LogP contribution in [0.2, 0.25) is 0 Å². The van der Waals surface area contributed by atoms with E-state index in [1.165, 1.54) is 18.2 Å². The van der Waals surface area contributed by atoms with Gasteiger partial charge in [0, 0.05) is 37.3 Å². The zero-order chi connectivity index (χ0) is 18.7. The van der Waals surface area contributed by atoms with Crippen LogP contribution >= 0.6 is 0 Å². The summed E-state index contributed by atoms with van der Waals surface area (Å²) in [5, 5.41) is 13.5. The van der Waals surface area contributed by atoms with E-state index in [1.807, 2.05) is 31.2 Å². The second kappa shape index (κ2) is 7.35. The lowest BCUT2D eigenvalue weighted by atomic mass is 10.1. The highest BCUT2D eigenvalue weighted by molar-refractivity contribution is 5.97. The van der Waals surface area contributed by atoms with E-state index in [1.54, 1.807) is 11.0 Å². The summed E-state index contributed by atoms with van der Waals surface area (Å²) in [7, 11) is 0. The van der Waals surface area contributed by atoms with Gasteiger partial charge in [-0.3, -0.25) is 19.7 Å². The minimum atomic E-state index is -0.516. The maximum atomic E-state index is 12.4. The van der Waals surface area contributed by atoms with Crippen LogP contribution in [0.25, 0.3) is 0 Å². The van der Waals surface area contributed by atoms with Crippen LogP contribution in [0, 0.1) is 23.0 Å². The molecule has 1 saturated heterocycles. The van der Waals surface area contributed by atoms with Gasteiger partial charge in [0.25, 0.3) is 5.69 Å². The molecule has 0 spiro atoms. The van der Waals surface area contributed by atoms with Crippen molar-refractivity contribution in [2.75, 3.05) is 11.9 Å². The molecule has 7 nitrogen and oxygen atoms in total. The minimum absolute atomic E-state index is 0.0650. The number of hydrogen-bond acceptors (Lipinski definition) is 4. The quantitative estimate of drug-likeness (QED) is 0.661. The number of amides is 2. The number of likely N-dealkylation sites (tertiary alicyclic amines) is 1. The van der Waals surface area contributed by atoms with Gasteiger partial charge in [-0.1, -0.05) is 35.9 Å². The molecule has 1 N–H and O–H groups in total. The van der Waals surface area contributed by atoms with Crippen molar-refractivity contribution in [2.45, 2.75) is 19.9 Å². The first-order valence-corrected chi connectivity index (χ1v) is 8.31. The van der Waals surface area contributed by atoms with Gasteiger partial charge in [-0.15, -0.1) is 0 Å². The summed E-state index contributed by atoms with van der Waals surface area (Å²) in [5.74, 6) is -0.831. The first-order chi connectivity index (χ1) is 12.4. The Labute approximate surface area is 150 Å². The Morgan fingerprint density at radius 1 is 1.27 bits per heavy atom. The van der Waals surface area contributed by atoms with Gasteiger partial charge in [-0.25, -0.2) is 0 Å².